The van der Waals surface area contributed by atoms with Crippen molar-refractivity contribution < 1.29 is 14.3 Å². The quantitative estimate of drug-likeness (QED) is 0.790. The molecule has 0 fully saturated rings. The molecule has 0 aromatic carbocycles. The molecule has 0 spiro atoms. The average Bonchev–Trinajstić information content (AvgIpc) is 2.07. The van der Waals surface area contributed by atoms with Crippen LogP contribution in [0.5, 0.6) is 0 Å². The molecule has 0 aliphatic heterocycles. The van der Waals surface area contributed by atoms with E-state index in [-0.39, 0.29) is 4.75 Å². The van der Waals surface area contributed by atoms with Crippen molar-refractivity contribution in [3.05, 3.63) is 0 Å². The predicted octanol–water partition coefficient (Wildman–Crippen LogP) is 2.61. The van der Waals surface area contributed by atoms with Gasteiger partial charge in [-0.1, -0.05) is 20.8 Å². The number of carbonyl (C=O) groups excluding carboxylic acids is 2. The number of carbonyl (C=O) groups is 2. The Morgan fingerprint density at radius 1 is 1.29 bits per heavy atom. The molecule has 0 saturated heterocycles. The highest BCUT2D eigenvalue weighted by Crippen LogP contribution is 2.23. The van der Waals surface area contributed by atoms with Crippen molar-refractivity contribution >= 4 is 24.1 Å². The van der Waals surface area contributed by atoms with Gasteiger partial charge in [0.2, 0.25) is 0 Å². The summed E-state index contributed by atoms with van der Waals surface area (Å²) in [6.45, 7) is 11.5. The highest BCUT2D eigenvalue weighted by molar-refractivity contribution is 8.00. The average molecular weight is 261 g/mol. The van der Waals surface area contributed by atoms with Crippen LogP contribution in [0.1, 0.15) is 41.5 Å². The molecule has 0 saturated carbocycles. The minimum atomic E-state index is -0.552. The van der Waals surface area contributed by atoms with Gasteiger partial charge in [-0.05, 0) is 20.8 Å². The van der Waals surface area contributed by atoms with Crippen molar-refractivity contribution in [3.63, 3.8) is 0 Å². The van der Waals surface area contributed by atoms with E-state index in [0.717, 1.165) is 6.29 Å². The van der Waals surface area contributed by atoms with Crippen LogP contribution >= 0.6 is 11.8 Å². The standard InChI is InChI=1S/C12H23NO3S/c1-11(2,3)16-10(15)13-9(7-14)8-17-12(4,5)6/h7,9H,8H2,1-6H3,(H,13,15)/t9-/m0/s1. The molecule has 0 unspecified atom stereocenters. The maximum Gasteiger partial charge on any atom is 0.408 e. The lowest BCUT2D eigenvalue weighted by molar-refractivity contribution is -0.109. The van der Waals surface area contributed by atoms with Crippen LogP contribution in [-0.4, -0.2) is 34.5 Å². The molecule has 0 rings (SSSR count). The van der Waals surface area contributed by atoms with Crippen molar-refractivity contribution in [1.82, 2.24) is 5.32 Å². The van der Waals surface area contributed by atoms with Crippen LogP contribution in [0.15, 0.2) is 0 Å². The number of aldehydes is 1. The van der Waals surface area contributed by atoms with E-state index in [4.69, 9.17) is 4.74 Å². The number of thioether (sulfide) groups is 1. The summed E-state index contributed by atoms with van der Waals surface area (Å²) < 4.78 is 5.15. The maximum absolute atomic E-state index is 11.5. The van der Waals surface area contributed by atoms with E-state index in [9.17, 15) is 9.59 Å². The van der Waals surface area contributed by atoms with Gasteiger partial charge < -0.3 is 14.8 Å². The molecule has 0 aliphatic rings. The van der Waals surface area contributed by atoms with Gasteiger partial charge in [0.1, 0.15) is 11.9 Å². The Labute approximate surface area is 108 Å². The summed E-state index contributed by atoms with van der Waals surface area (Å²) in [5, 5.41) is 2.55. The van der Waals surface area contributed by atoms with Gasteiger partial charge in [-0.3, -0.25) is 0 Å². The minimum absolute atomic E-state index is 0.0663. The maximum atomic E-state index is 11.5. The molecule has 4 nitrogen and oxygen atoms in total. The molecule has 1 atom stereocenters. The van der Waals surface area contributed by atoms with Gasteiger partial charge in [0.15, 0.2) is 0 Å². The number of hydrogen-bond acceptors (Lipinski definition) is 4. The highest BCUT2D eigenvalue weighted by Gasteiger charge is 2.21. The van der Waals surface area contributed by atoms with Crippen molar-refractivity contribution in [1.29, 1.82) is 0 Å². The number of hydrogen-bond donors (Lipinski definition) is 1. The number of rotatable bonds is 4. The highest BCUT2D eigenvalue weighted by atomic mass is 32.2. The molecule has 5 heteroatoms. The van der Waals surface area contributed by atoms with Gasteiger partial charge >= 0.3 is 6.09 Å². The SMILES string of the molecule is CC(C)(C)OC(=O)N[C@@H](C=O)CSC(C)(C)C. The lowest BCUT2D eigenvalue weighted by Gasteiger charge is -2.23. The van der Waals surface area contributed by atoms with Gasteiger partial charge in [-0.2, -0.15) is 11.8 Å². The Kier molecular flexibility index (Phi) is 6.02. The number of amides is 1. The Balaban J connectivity index is 4.14. The van der Waals surface area contributed by atoms with E-state index in [1.807, 2.05) is 0 Å². The number of ether oxygens (including phenoxy) is 1. The van der Waals surface area contributed by atoms with Crippen molar-refractivity contribution in [2.75, 3.05) is 5.75 Å². The second-order valence-corrected chi connectivity index (χ2v) is 7.66. The van der Waals surface area contributed by atoms with Crippen LogP contribution in [0.2, 0.25) is 0 Å². The van der Waals surface area contributed by atoms with Crippen LogP contribution in [0.25, 0.3) is 0 Å². The second-order valence-electron chi connectivity index (χ2n) is 5.81. The van der Waals surface area contributed by atoms with Crippen LogP contribution < -0.4 is 5.32 Å². The zero-order valence-corrected chi connectivity index (χ0v) is 12.3. The largest absolute Gasteiger partial charge is 0.444 e. The minimum Gasteiger partial charge on any atom is -0.444 e. The van der Waals surface area contributed by atoms with E-state index in [2.05, 4.69) is 26.1 Å². The van der Waals surface area contributed by atoms with E-state index >= 15 is 0 Å². The number of alkyl carbamates (subject to hydrolysis) is 1. The van der Waals surface area contributed by atoms with Gasteiger partial charge in [0.25, 0.3) is 0 Å². The Hall–Kier alpha value is -0.710. The third kappa shape index (κ3) is 10.2. The molecule has 0 heterocycles. The summed E-state index contributed by atoms with van der Waals surface area (Å²) in [5.74, 6) is 0.548. The molecule has 17 heavy (non-hydrogen) atoms. The monoisotopic (exact) mass is 261 g/mol. The van der Waals surface area contributed by atoms with Crippen molar-refractivity contribution in [2.45, 2.75) is 57.9 Å². The first-order valence-corrected chi connectivity index (χ1v) is 6.61. The smallest absolute Gasteiger partial charge is 0.408 e. The topological polar surface area (TPSA) is 55.4 Å². The Morgan fingerprint density at radius 3 is 2.18 bits per heavy atom. The van der Waals surface area contributed by atoms with Crippen LogP contribution in [0.3, 0.4) is 0 Å². The van der Waals surface area contributed by atoms with E-state index in [0.29, 0.717) is 5.75 Å². The summed E-state index contributed by atoms with van der Waals surface area (Å²) in [7, 11) is 0. The molecular formula is C12H23NO3S. The fraction of sp³-hybridized carbons (Fsp3) is 0.833. The third-order valence-corrected chi connectivity index (χ3v) is 2.95. The molecule has 0 bridgehead atoms. The van der Waals surface area contributed by atoms with Crippen LogP contribution in [0, 0.1) is 0 Å². The second kappa shape index (κ2) is 6.28. The van der Waals surface area contributed by atoms with Gasteiger partial charge in [-0.25, -0.2) is 4.79 Å². The zero-order valence-electron chi connectivity index (χ0n) is 11.5. The Morgan fingerprint density at radius 2 is 1.82 bits per heavy atom. The van der Waals surface area contributed by atoms with E-state index in [1.54, 1.807) is 32.5 Å². The van der Waals surface area contributed by atoms with E-state index < -0.39 is 17.7 Å². The van der Waals surface area contributed by atoms with Gasteiger partial charge in [-0.15, -0.1) is 0 Å². The molecule has 0 aromatic heterocycles. The molecular weight excluding hydrogens is 238 g/mol. The lowest BCUT2D eigenvalue weighted by atomic mass is 10.2. The summed E-state index contributed by atoms with van der Waals surface area (Å²) in [6, 6.07) is -0.505. The van der Waals surface area contributed by atoms with Gasteiger partial charge in [0, 0.05) is 10.5 Å². The van der Waals surface area contributed by atoms with E-state index in [1.165, 1.54) is 0 Å². The van der Waals surface area contributed by atoms with Crippen molar-refractivity contribution in [2.24, 2.45) is 0 Å². The summed E-state index contributed by atoms with van der Waals surface area (Å²) in [4.78, 5) is 22.3. The molecule has 0 aromatic rings. The van der Waals surface area contributed by atoms with Crippen molar-refractivity contribution in [3.8, 4) is 0 Å². The van der Waals surface area contributed by atoms with Crippen LogP contribution in [0.4, 0.5) is 4.79 Å². The lowest BCUT2D eigenvalue weighted by Crippen LogP contribution is -2.41. The Bertz CT molecular complexity index is 266. The molecule has 100 valence electrons. The molecule has 0 aliphatic carbocycles. The fourth-order valence-electron chi connectivity index (χ4n) is 0.914. The molecule has 0 radical (unpaired) electrons. The molecule has 1 N–H and O–H groups in total. The summed E-state index contributed by atoms with van der Waals surface area (Å²) in [6.07, 6.45) is 0.187. The number of nitrogens with one attached hydrogen (secondary N) is 1. The normalized spacial score (nSPS) is 14.0. The first-order valence-electron chi connectivity index (χ1n) is 5.62. The third-order valence-electron chi connectivity index (χ3n) is 1.56. The molecule has 1 amide bonds. The summed E-state index contributed by atoms with van der Waals surface area (Å²) in [5.41, 5.74) is -0.547. The van der Waals surface area contributed by atoms with Gasteiger partial charge in [0.05, 0.1) is 6.04 Å². The first-order chi connectivity index (χ1) is 7.53. The first kappa shape index (κ1) is 16.3. The predicted molar refractivity (Wildman–Crippen MR) is 71.4 cm³/mol. The zero-order chi connectivity index (χ0) is 13.7. The fourth-order valence-corrected chi connectivity index (χ4v) is 1.76. The summed E-state index contributed by atoms with van der Waals surface area (Å²) >= 11 is 1.62. The van der Waals surface area contributed by atoms with Crippen LogP contribution in [-0.2, 0) is 9.53 Å².